The van der Waals surface area contributed by atoms with Gasteiger partial charge < -0.3 is 14.2 Å². The second-order valence-corrected chi connectivity index (χ2v) is 10.6. The zero-order valence-electron chi connectivity index (χ0n) is 20.6. The Hall–Kier alpha value is -3.11. The van der Waals surface area contributed by atoms with E-state index in [0.29, 0.717) is 11.3 Å². The minimum absolute atomic E-state index is 0.127. The number of rotatable bonds is 6. The first-order valence-corrected chi connectivity index (χ1v) is 10.7. The summed E-state index contributed by atoms with van der Waals surface area (Å²) in [4.78, 5) is 12.9. The summed E-state index contributed by atoms with van der Waals surface area (Å²) in [5.41, 5.74) is -2.14. The van der Waals surface area contributed by atoms with Crippen molar-refractivity contribution in [2.24, 2.45) is 5.41 Å². The van der Waals surface area contributed by atoms with Gasteiger partial charge in [-0.2, -0.15) is 23.3 Å². The van der Waals surface area contributed by atoms with Gasteiger partial charge >= 0.3 is 12.2 Å². The molecule has 0 unspecified atom stereocenters. The zero-order chi connectivity index (χ0) is 25.5. The normalized spacial score (nSPS) is 13.3. The molecular weight excluding hydrogens is 451 g/mol. The average molecular weight is 482 g/mol. The van der Waals surface area contributed by atoms with Crippen LogP contribution in [0.3, 0.4) is 0 Å². The van der Waals surface area contributed by atoms with Crippen LogP contribution in [0.2, 0.25) is 0 Å². The highest BCUT2D eigenvalue weighted by atomic mass is 19.4. The number of nitrogens with zero attached hydrogens (tertiary/aromatic N) is 5. The molecule has 0 fully saturated rings. The molecule has 0 amide bonds. The highest BCUT2D eigenvalue weighted by Gasteiger charge is 2.48. The molecule has 186 valence electrons. The fourth-order valence-corrected chi connectivity index (χ4v) is 2.68. The highest BCUT2D eigenvalue weighted by molar-refractivity contribution is 5.68. The molecule has 0 aromatic carbocycles. The van der Waals surface area contributed by atoms with Crippen LogP contribution in [0.4, 0.5) is 13.2 Å². The van der Waals surface area contributed by atoms with Crippen molar-refractivity contribution in [1.29, 1.82) is 0 Å². The Kier molecular flexibility index (Phi) is 6.45. The van der Waals surface area contributed by atoms with E-state index >= 15 is 0 Å². The maximum atomic E-state index is 13.3. The number of aromatic nitrogens is 5. The molecule has 3 aromatic heterocycles. The Balaban J connectivity index is 2.07. The van der Waals surface area contributed by atoms with Gasteiger partial charge in [-0.3, -0.25) is 0 Å². The fourth-order valence-electron chi connectivity index (χ4n) is 2.68. The lowest BCUT2D eigenvalue weighted by molar-refractivity contribution is -0.219. The Labute approximate surface area is 196 Å². The van der Waals surface area contributed by atoms with E-state index in [4.69, 9.17) is 14.2 Å². The maximum Gasteiger partial charge on any atom is 0.397 e. The molecule has 0 aliphatic carbocycles. The maximum absolute atomic E-state index is 13.3. The van der Waals surface area contributed by atoms with Crippen molar-refractivity contribution < 1.29 is 27.4 Å². The smallest absolute Gasteiger partial charge is 0.397 e. The average Bonchev–Trinajstić information content (AvgIpc) is 3.11. The summed E-state index contributed by atoms with van der Waals surface area (Å²) < 4.78 is 58.9. The molecule has 0 atom stereocenters. The molecule has 3 heterocycles. The number of alkyl halides is 3. The highest BCUT2D eigenvalue weighted by Crippen LogP contribution is 2.39. The van der Waals surface area contributed by atoms with Gasteiger partial charge in [0.2, 0.25) is 5.88 Å². The third kappa shape index (κ3) is 6.06. The number of hydrogen-bond donors (Lipinski definition) is 0. The lowest BCUT2D eigenvalue weighted by atomic mass is 9.94. The van der Waals surface area contributed by atoms with E-state index in [0.717, 1.165) is 13.8 Å². The molecule has 3 aromatic rings. The Morgan fingerprint density at radius 3 is 2.15 bits per heavy atom. The molecule has 0 aliphatic heterocycles. The van der Waals surface area contributed by atoms with Crippen LogP contribution in [-0.2, 0) is 0 Å². The summed E-state index contributed by atoms with van der Waals surface area (Å²) in [6, 6.07) is 1.63. The monoisotopic (exact) mass is 481 g/mol. The SMILES string of the molecule is CC(C)(C)Oc1ncc(-c2cc(OCC(C)(C)C(F)(F)F)c3nccn3n2)c(OC(C)(C)C)n1. The van der Waals surface area contributed by atoms with Crippen LogP contribution in [0.15, 0.2) is 24.7 Å². The molecule has 0 bridgehead atoms. The number of imidazole rings is 1. The van der Waals surface area contributed by atoms with E-state index in [1.807, 2.05) is 41.5 Å². The molecule has 3 rings (SSSR count). The lowest BCUT2D eigenvalue weighted by Crippen LogP contribution is -2.37. The molecule has 0 aliphatic rings. The minimum Gasteiger partial charge on any atom is -0.489 e. The lowest BCUT2D eigenvalue weighted by Gasteiger charge is -2.27. The summed E-state index contributed by atoms with van der Waals surface area (Å²) in [6.07, 6.45) is 0.128. The van der Waals surface area contributed by atoms with Crippen LogP contribution in [0.1, 0.15) is 55.4 Å². The van der Waals surface area contributed by atoms with Gasteiger partial charge in [0.1, 0.15) is 23.5 Å². The predicted octanol–water partition coefficient (Wildman–Crippen LogP) is 5.51. The molecule has 0 saturated carbocycles. The van der Waals surface area contributed by atoms with Crippen molar-refractivity contribution in [3.63, 3.8) is 0 Å². The standard InChI is InChI=1S/C23H30F3N5O3/c1-20(2,3)33-18-14(12-28-19(29-18)34-21(4,5)6)15-11-16(17-27-9-10-31(17)30-15)32-13-22(7,8)23(24,25)26/h9-12H,13H2,1-8H3. The van der Waals surface area contributed by atoms with Gasteiger partial charge in [-0.1, -0.05) is 0 Å². The summed E-state index contributed by atoms with van der Waals surface area (Å²) in [5.74, 6) is 0.360. The van der Waals surface area contributed by atoms with E-state index in [1.165, 1.54) is 23.0 Å². The molecule has 0 spiro atoms. The third-order valence-corrected chi connectivity index (χ3v) is 4.49. The van der Waals surface area contributed by atoms with Crippen LogP contribution in [-0.4, -0.2) is 48.6 Å². The van der Waals surface area contributed by atoms with Gasteiger partial charge in [0.25, 0.3) is 0 Å². The van der Waals surface area contributed by atoms with E-state index in [1.54, 1.807) is 6.20 Å². The summed E-state index contributed by atoms with van der Waals surface area (Å²) in [7, 11) is 0. The van der Waals surface area contributed by atoms with Crippen LogP contribution < -0.4 is 14.2 Å². The first kappa shape index (κ1) is 25.5. The van der Waals surface area contributed by atoms with E-state index in [9.17, 15) is 13.2 Å². The van der Waals surface area contributed by atoms with E-state index in [2.05, 4.69) is 20.1 Å². The van der Waals surface area contributed by atoms with Crippen molar-refractivity contribution in [1.82, 2.24) is 24.6 Å². The largest absolute Gasteiger partial charge is 0.489 e. The predicted molar refractivity (Wildman–Crippen MR) is 120 cm³/mol. The van der Waals surface area contributed by atoms with E-state index in [-0.39, 0.29) is 23.3 Å². The first-order valence-electron chi connectivity index (χ1n) is 10.7. The van der Waals surface area contributed by atoms with Gasteiger partial charge in [0.05, 0.1) is 11.0 Å². The molecule has 0 saturated heterocycles. The van der Waals surface area contributed by atoms with Gasteiger partial charge in [-0.05, 0) is 55.4 Å². The first-order chi connectivity index (χ1) is 15.5. The topological polar surface area (TPSA) is 83.7 Å². The molecule has 34 heavy (non-hydrogen) atoms. The van der Waals surface area contributed by atoms with Crippen molar-refractivity contribution in [2.45, 2.75) is 72.8 Å². The Bertz CT molecular complexity index is 1160. The fraction of sp³-hybridized carbons (Fsp3) is 0.565. The van der Waals surface area contributed by atoms with Crippen LogP contribution in [0.25, 0.3) is 16.9 Å². The Morgan fingerprint density at radius 1 is 0.912 bits per heavy atom. The molecule has 0 radical (unpaired) electrons. The number of ether oxygens (including phenoxy) is 3. The van der Waals surface area contributed by atoms with Gasteiger partial charge in [0.15, 0.2) is 11.4 Å². The van der Waals surface area contributed by atoms with Crippen LogP contribution in [0, 0.1) is 5.41 Å². The van der Waals surface area contributed by atoms with Crippen LogP contribution in [0.5, 0.6) is 17.6 Å². The molecular formula is C23H30F3N5O3. The van der Waals surface area contributed by atoms with Gasteiger partial charge in [0, 0.05) is 24.7 Å². The number of hydrogen-bond acceptors (Lipinski definition) is 7. The molecule has 0 N–H and O–H groups in total. The van der Waals surface area contributed by atoms with E-state index < -0.39 is 29.4 Å². The molecule has 8 nitrogen and oxygen atoms in total. The number of halogens is 3. The zero-order valence-corrected chi connectivity index (χ0v) is 20.6. The Morgan fingerprint density at radius 2 is 1.56 bits per heavy atom. The number of fused-ring (bicyclic) bond motifs is 1. The molecule has 11 heteroatoms. The van der Waals surface area contributed by atoms with Gasteiger partial charge in [-0.25, -0.2) is 14.5 Å². The van der Waals surface area contributed by atoms with Gasteiger partial charge in [-0.15, -0.1) is 0 Å². The minimum atomic E-state index is -4.43. The summed E-state index contributed by atoms with van der Waals surface area (Å²) in [6.45, 7) is 12.8. The third-order valence-electron chi connectivity index (χ3n) is 4.49. The van der Waals surface area contributed by atoms with Crippen molar-refractivity contribution in [3.8, 4) is 28.9 Å². The summed E-state index contributed by atoms with van der Waals surface area (Å²) >= 11 is 0. The van der Waals surface area contributed by atoms with Crippen molar-refractivity contribution >= 4 is 5.65 Å². The summed E-state index contributed by atoms with van der Waals surface area (Å²) in [5, 5.41) is 4.51. The van der Waals surface area contributed by atoms with Crippen LogP contribution >= 0.6 is 0 Å². The second-order valence-electron chi connectivity index (χ2n) is 10.6. The second kappa shape index (κ2) is 8.59. The quantitative estimate of drug-likeness (QED) is 0.459. The van der Waals surface area contributed by atoms with Crippen molar-refractivity contribution in [3.05, 3.63) is 24.7 Å². The van der Waals surface area contributed by atoms with Crippen molar-refractivity contribution in [2.75, 3.05) is 6.61 Å².